The molecule has 0 radical (unpaired) electrons. The van der Waals surface area contributed by atoms with Crippen LogP contribution < -0.4 is 9.47 Å². The van der Waals surface area contributed by atoms with Gasteiger partial charge in [0.05, 0.1) is 0 Å². The molecule has 5 nitrogen and oxygen atoms in total. The van der Waals surface area contributed by atoms with Crippen molar-refractivity contribution in [3.8, 4) is 11.5 Å². The highest BCUT2D eigenvalue weighted by atomic mass is 35.5. The van der Waals surface area contributed by atoms with E-state index in [9.17, 15) is 5.11 Å². The zero-order valence-electron chi connectivity index (χ0n) is 16.8. The molecule has 0 amide bonds. The summed E-state index contributed by atoms with van der Waals surface area (Å²) >= 11 is 6.13. The molecule has 1 N–H and O–H groups in total. The van der Waals surface area contributed by atoms with Crippen molar-refractivity contribution in [1.29, 1.82) is 0 Å². The van der Waals surface area contributed by atoms with Crippen LogP contribution in [0.4, 0.5) is 0 Å². The first-order valence-electron chi connectivity index (χ1n) is 10.4. The summed E-state index contributed by atoms with van der Waals surface area (Å²) < 4.78 is 12.2. The molecular formula is C24H25ClN2O3. The van der Waals surface area contributed by atoms with E-state index >= 15 is 0 Å². The minimum atomic E-state index is -0.557. The van der Waals surface area contributed by atoms with E-state index in [0.29, 0.717) is 12.3 Å². The van der Waals surface area contributed by atoms with E-state index in [4.69, 9.17) is 21.1 Å². The van der Waals surface area contributed by atoms with Crippen molar-refractivity contribution in [3.63, 3.8) is 0 Å². The number of pyridine rings is 1. The lowest BCUT2D eigenvalue weighted by Gasteiger charge is -2.39. The van der Waals surface area contributed by atoms with Crippen molar-refractivity contribution in [2.45, 2.75) is 31.0 Å². The highest BCUT2D eigenvalue weighted by Crippen LogP contribution is 2.41. The summed E-state index contributed by atoms with van der Waals surface area (Å²) in [6.45, 7) is 2.63. The monoisotopic (exact) mass is 424 g/mol. The number of likely N-dealkylation sites (tertiary alicyclic amines) is 1. The van der Waals surface area contributed by atoms with E-state index < -0.39 is 6.10 Å². The molecule has 156 valence electrons. The molecule has 1 fully saturated rings. The Bertz CT molecular complexity index is 1040. The molecule has 0 saturated carbocycles. The normalized spacial score (nSPS) is 18.9. The SMILES string of the molecule is O[C@H](COc1cccc2cccnc12)CN1CCC2(CC1)Cc1cc(Cl)ccc1O2. The Morgan fingerprint density at radius 2 is 2.00 bits per heavy atom. The zero-order valence-corrected chi connectivity index (χ0v) is 17.5. The van der Waals surface area contributed by atoms with E-state index in [1.165, 1.54) is 5.56 Å². The first-order valence-corrected chi connectivity index (χ1v) is 10.8. The van der Waals surface area contributed by atoms with Crippen LogP contribution in [-0.4, -0.2) is 52.9 Å². The molecule has 2 aromatic carbocycles. The third-order valence-electron chi connectivity index (χ3n) is 6.12. The zero-order chi connectivity index (χ0) is 20.6. The fourth-order valence-electron chi connectivity index (χ4n) is 4.55. The first kappa shape index (κ1) is 19.6. The summed E-state index contributed by atoms with van der Waals surface area (Å²) in [6.07, 6.45) is 4.00. The molecule has 0 aliphatic carbocycles. The number of hydrogen-bond acceptors (Lipinski definition) is 5. The van der Waals surface area contributed by atoms with E-state index in [1.54, 1.807) is 6.20 Å². The number of piperidine rings is 1. The van der Waals surface area contributed by atoms with Crippen LogP contribution in [0, 0.1) is 0 Å². The van der Waals surface area contributed by atoms with E-state index in [2.05, 4.69) is 9.88 Å². The molecule has 5 rings (SSSR count). The number of aliphatic hydroxyl groups excluding tert-OH is 1. The number of β-amino-alcohol motifs (C(OH)–C–C–N with tert-alkyl or cyclic N) is 1. The van der Waals surface area contributed by atoms with Crippen molar-refractivity contribution < 1.29 is 14.6 Å². The number of benzene rings is 2. The summed E-state index contributed by atoms with van der Waals surface area (Å²) in [5.41, 5.74) is 1.90. The standard InChI is InChI=1S/C24H25ClN2O3/c25-19-6-7-21-18(13-19)14-24(30-21)8-11-27(12-9-24)15-20(28)16-29-22-5-1-3-17-4-2-10-26-23(17)22/h1-7,10,13,20,28H,8-9,11-12,14-16H2/t20-/m0/s1. The van der Waals surface area contributed by atoms with Gasteiger partial charge in [-0.1, -0.05) is 29.8 Å². The lowest BCUT2D eigenvalue weighted by molar-refractivity contribution is -0.00187. The molecule has 30 heavy (non-hydrogen) atoms. The van der Waals surface area contributed by atoms with Gasteiger partial charge in [0.1, 0.15) is 35.3 Å². The Hall–Kier alpha value is -2.34. The van der Waals surface area contributed by atoms with Gasteiger partial charge in [-0.05, 0) is 35.9 Å². The van der Waals surface area contributed by atoms with Gasteiger partial charge in [0.2, 0.25) is 0 Å². The summed E-state index contributed by atoms with van der Waals surface area (Å²) in [5.74, 6) is 1.67. The minimum Gasteiger partial charge on any atom is -0.489 e. The Morgan fingerprint density at radius 1 is 1.17 bits per heavy atom. The van der Waals surface area contributed by atoms with Gasteiger partial charge in [0.15, 0.2) is 0 Å². The maximum Gasteiger partial charge on any atom is 0.145 e. The Morgan fingerprint density at radius 3 is 2.87 bits per heavy atom. The van der Waals surface area contributed by atoms with Crippen LogP contribution in [0.25, 0.3) is 10.9 Å². The van der Waals surface area contributed by atoms with Crippen LogP contribution in [0.15, 0.2) is 54.7 Å². The molecule has 3 heterocycles. The van der Waals surface area contributed by atoms with E-state index in [1.807, 2.05) is 48.5 Å². The highest BCUT2D eigenvalue weighted by molar-refractivity contribution is 6.30. The van der Waals surface area contributed by atoms with Crippen molar-refractivity contribution in [1.82, 2.24) is 9.88 Å². The van der Waals surface area contributed by atoms with Gasteiger partial charge in [0.25, 0.3) is 0 Å². The van der Waals surface area contributed by atoms with Gasteiger partial charge < -0.3 is 19.5 Å². The number of fused-ring (bicyclic) bond motifs is 2. The van der Waals surface area contributed by atoms with Gasteiger partial charge >= 0.3 is 0 Å². The molecule has 6 heteroatoms. The van der Waals surface area contributed by atoms with Crippen LogP contribution in [0.1, 0.15) is 18.4 Å². The summed E-state index contributed by atoms with van der Waals surface area (Å²) in [4.78, 5) is 6.69. The molecule has 0 bridgehead atoms. The fourth-order valence-corrected chi connectivity index (χ4v) is 4.75. The van der Waals surface area contributed by atoms with Crippen LogP contribution >= 0.6 is 11.6 Å². The van der Waals surface area contributed by atoms with Crippen molar-refractivity contribution >= 4 is 22.5 Å². The molecule has 3 aromatic rings. The van der Waals surface area contributed by atoms with Crippen molar-refractivity contribution in [2.24, 2.45) is 0 Å². The van der Waals surface area contributed by atoms with Crippen LogP contribution in [0.3, 0.4) is 0 Å². The summed E-state index contributed by atoms with van der Waals surface area (Å²) in [6, 6.07) is 15.6. The topological polar surface area (TPSA) is 54.8 Å². The molecule has 0 unspecified atom stereocenters. The van der Waals surface area contributed by atoms with Crippen LogP contribution in [0.5, 0.6) is 11.5 Å². The number of halogens is 1. The Kier molecular flexibility index (Phi) is 5.27. The second kappa shape index (κ2) is 8.06. The van der Waals surface area contributed by atoms with Crippen molar-refractivity contribution in [2.75, 3.05) is 26.2 Å². The third-order valence-corrected chi connectivity index (χ3v) is 6.36. The average molecular weight is 425 g/mol. The predicted octanol–water partition coefficient (Wildman–Crippen LogP) is 4.10. The second-order valence-corrected chi connectivity index (χ2v) is 8.75. The molecule has 1 aromatic heterocycles. The number of aliphatic hydroxyl groups is 1. The second-order valence-electron chi connectivity index (χ2n) is 8.31. The van der Waals surface area contributed by atoms with Crippen LogP contribution in [0.2, 0.25) is 5.02 Å². The van der Waals surface area contributed by atoms with Crippen molar-refractivity contribution in [3.05, 3.63) is 65.3 Å². The quantitative estimate of drug-likeness (QED) is 0.668. The number of nitrogens with zero attached hydrogens (tertiary/aromatic N) is 2. The predicted molar refractivity (Wildman–Crippen MR) is 117 cm³/mol. The van der Waals surface area contributed by atoms with E-state index in [0.717, 1.165) is 54.0 Å². The molecule has 1 saturated heterocycles. The Balaban J connectivity index is 1.13. The van der Waals surface area contributed by atoms with E-state index in [-0.39, 0.29) is 12.2 Å². The molecule has 1 spiro atoms. The smallest absolute Gasteiger partial charge is 0.145 e. The fraction of sp³-hybridized carbons (Fsp3) is 0.375. The largest absolute Gasteiger partial charge is 0.489 e. The number of rotatable bonds is 5. The summed E-state index contributed by atoms with van der Waals surface area (Å²) in [7, 11) is 0. The first-order chi connectivity index (χ1) is 14.6. The van der Waals surface area contributed by atoms with Gasteiger partial charge in [-0.15, -0.1) is 0 Å². The lowest BCUT2D eigenvalue weighted by Crippen LogP contribution is -2.49. The lowest BCUT2D eigenvalue weighted by atomic mass is 9.87. The number of ether oxygens (including phenoxy) is 2. The average Bonchev–Trinajstić information content (AvgIpc) is 3.11. The van der Waals surface area contributed by atoms with Crippen LogP contribution in [-0.2, 0) is 6.42 Å². The van der Waals surface area contributed by atoms with Gasteiger partial charge in [-0.25, -0.2) is 0 Å². The molecule has 2 aliphatic rings. The molecule has 1 atom stereocenters. The third kappa shape index (κ3) is 3.97. The number of para-hydroxylation sites is 1. The molecular weight excluding hydrogens is 400 g/mol. The number of aromatic nitrogens is 1. The van der Waals surface area contributed by atoms with Gasteiger partial charge in [-0.3, -0.25) is 4.98 Å². The maximum absolute atomic E-state index is 10.5. The minimum absolute atomic E-state index is 0.125. The van der Waals surface area contributed by atoms with Gasteiger partial charge in [-0.2, -0.15) is 0 Å². The molecule has 2 aliphatic heterocycles. The highest BCUT2D eigenvalue weighted by Gasteiger charge is 2.42. The van der Waals surface area contributed by atoms with Gasteiger partial charge in [0, 0.05) is 55.5 Å². The Labute approximate surface area is 181 Å². The maximum atomic E-state index is 10.5. The number of hydrogen-bond donors (Lipinski definition) is 1. The summed E-state index contributed by atoms with van der Waals surface area (Å²) in [5, 5.41) is 12.3.